The molecular formula is C12H11F3O3. The van der Waals surface area contributed by atoms with Crippen molar-refractivity contribution in [2.24, 2.45) is 0 Å². The molecule has 0 aliphatic carbocycles. The molecule has 18 heavy (non-hydrogen) atoms. The first-order chi connectivity index (χ1) is 8.16. The van der Waals surface area contributed by atoms with E-state index in [1.54, 1.807) is 13.8 Å². The first-order valence-electron chi connectivity index (χ1n) is 5.28. The molecular weight excluding hydrogens is 249 g/mol. The van der Waals surface area contributed by atoms with Crippen molar-refractivity contribution >= 4 is 5.78 Å². The number of ketones is 1. The zero-order chi connectivity index (χ0) is 13.6. The summed E-state index contributed by atoms with van der Waals surface area (Å²) in [5.41, 5.74) is -0.440. The van der Waals surface area contributed by atoms with Gasteiger partial charge in [0, 0.05) is 6.07 Å². The van der Waals surface area contributed by atoms with Crippen molar-refractivity contribution in [2.75, 3.05) is 0 Å². The highest BCUT2D eigenvalue weighted by Gasteiger charge is 2.35. The number of benzene rings is 1. The molecule has 0 bridgehead atoms. The molecule has 0 unspecified atom stereocenters. The normalized spacial score (nSPS) is 17.9. The van der Waals surface area contributed by atoms with E-state index in [0.717, 1.165) is 12.1 Å². The van der Waals surface area contributed by atoms with E-state index in [0.29, 0.717) is 0 Å². The summed E-state index contributed by atoms with van der Waals surface area (Å²) in [6.07, 6.45) is -4.57. The second-order valence-corrected chi connectivity index (χ2v) is 4.67. The van der Waals surface area contributed by atoms with Gasteiger partial charge < -0.3 is 9.47 Å². The lowest BCUT2D eigenvalue weighted by atomic mass is 9.93. The third-order valence-corrected chi connectivity index (χ3v) is 2.46. The van der Waals surface area contributed by atoms with E-state index < -0.39 is 17.7 Å². The predicted octanol–water partition coefficient (Wildman–Crippen LogP) is 3.33. The van der Waals surface area contributed by atoms with E-state index in [4.69, 9.17) is 4.74 Å². The molecule has 1 aromatic carbocycles. The Kier molecular flexibility index (Phi) is 2.76. The lowest BCUT2D eigenvalue weighted by Crippen LogP contribution is -2.35. The van der Waals surface area contributed by atoms with Gasteiger partial charge >= 0.3 is 6.36 Å². The number of rotatable bonds is 1. The first kappa shape index (κ1) is 12.7. The molecule has 0 aromatic heterocycles. The summed E-state index contributed by atoms with van der Waals surface area (Å²) < 4.78 is 45.5. The molecule has 1 heterocycles. The van der Waals surface area contributed by atoms with Gasteiger partial charge in [0.15, 0.2) is 5.78 Å². The molecule has 98 valence electrons. The van der Waals surface area contributed by atoms with Crippen molar-refractivity contribution in [1.82, 2.24) is 0 Å². The number of fused-ring (bicyclic) bond motifs is 1. The van der Waals surface area contributed by atoms with Crippen LogP contribution in [0.25, 0.3) is 0 Å². The largest absolute Gasteiger partial charge is 0.573 e. The molecule has 0 saturated heterocycles. The number of hydrogen-bond donors (Lipinski definition) is 0. The highest BCUT2D eigenvalue weighted by atomic mass is 19.4. The van der Waals surface area contributed by atoms with Crippen LogP contribution in [0.5, 0.6) is 11.5 Å². The summed E-state index contributed by atoms with van der Waals surface area (Å²) >= 11 is 0. The lowest BCUT2D eigenvalue weighted by Gasteiger charge is -2.31. The van der Waals surface area contributed by atoms with Crippen molar-refractivity contribution in [1.29, 1.82) is 0 Å². The third kappa shape index (κ3) is 2.75. The quantitative estimate of drug-likeness (QED) is 0.777. The molecule has 1 aliphatic rings. The van der Waals surface area contributed by atoms with Crippen LogP contribution in [0.15, 0.2) is 18.2 Å². The molecule has 0 amide bonds. The molecule has 1 aromatic rings. The van der Waals surface area contributed by atoms with Crippen molar-refractivity contribution in [2.45, 2.75) is 32.2 Å². The number of carbonyl (C=O) groups is 1. The number of hydrogen-bond acceptors (Lipinski definition) is 3. The van der Waals surface area contributed by atoms with Gasteiger partial charge in [-0.2, -0.15) is 0 Å². The summed E-state index contributed by atoms with van der Waals surface area (Å²) in [5.74, 6) is -0.426. The van der Waals surface area contributed by atoms with E-state index in [9.17, 15) is 18.0 Å². The van der Waals surface area contributed by atoms with Gasteiger partial charge in [0.25, 0.3) is 0 Å². The minimum atomic E-state index is -4.76. The second kappa shape index (κ2) is 3.90. The Bertz CT molecular complexity index is 492. The van der Waals surface area contributed by atoms with Gasteiger partial charge in [-0.05, 0) is 26.0 Å². The summed E-state index contributed by atoms with van der Waals surface area (Å²) in [7, 11) is 0. The maximum Gasteiger partial charge on any atom is 0.573 e. The molecule has 0 N–H and O–H groups in total. The van der Waals surface area contributed by atoms with Crippen LogP contribution >= 0.6 is 0 Å². The summed E-state index contributed by atoms with van der Waals surface area (Å²) in [6.45, 7) is 3.40. The highest BCUT2D eigenvalue weighted by Crippen LogP contribution is 2.36. The van der Waals surface area contributed by atoms with Crippen LogP contribution in [-0.2, 0) is 0 Å². The second-order valence-electron chi connectivity index (χ2n) is 4.67. The molecule has 2 rings (SSSR count). The van der Waals surface area contributed by atoms with E-state index in [-0.39, 0.29) is 23.5 Å². The Balaban J connectivity index is 2.34. The van der Waals surface area contributed by atoms with Crippen molar-refractivity contribution < 1.29 is 27.4 Å². The predicted molar refractivity (Wildman–Crippen MR) is 56.8 cm³/mol. The van der Waals surface area contributed by atoms with E-state index >= 15 is 0 Å². The van der Waals surface area contributed by atoms with Crippen LogP contribution in [-0.4, -0.2) is 17.7 Å². The zero-order valence-electron chi connectivity index (χ0n) is 9.80. The number of halogens is 3. The van der Waals surface area contributed by atoms with E-state index in [1.807, 2.05) is 0 Å². The van der Waals surface area contributed by atoms with Crippen molar-refractivity contribution in [3.05, 3.63) is 23.8 Å². The highest BCUT2D eigenvalue weighted by molar-refractivity contribution is 6.00. The summed E-state index contributed by atoms with van der Waals surface area (Å²) in [6, 6.07) is 3.47. The number of ether oxygens (including phenoxy) is 2. The molecule has 1 aliphatic heterocycles. The summed E-state index contributed by atoms with van der Waals surface area (Å²) in [5, 5.41) is 0. The van der Waals surface area contributed by atoms with Crippen LogP contribution < -0.4 is 9.47 Å². The van der Waals surface area contributed by atoms with Gasteiger partial charge in [-0.15, -0.1) is 13.2 Å². The molecule has 0 fully saturated rings. The topological polar surface area (TPSA) is 35.5 Å². The Morgan fingerprint density at radius 1 is 1.33 bits per heavy atom. The minimum Gasteiger partial charge on any atom is -0.486 e. The zero-order valence-corrected chi connectivity index (χ0v) is 9.80. The van der Waals surface area contributed by atoms with E-state index in [2.05, 4.69) is 4.74 Å². The maximum absolute atomic E-state index is 12.1. The Morgan fingerprint density at radius 2 is 2.00 bits per heavy atom. The van der Waals surface area contributed by atoms with Crippen molar-refractivity contribution in [3.63, 3.8) is 0 Å². The lowest BCUT2D eigenvalue weighted by molar-refractivity contribution is -0.274. The molecule has 3 nitrogen and oxygen atoms in total. The first-order valence-corrected chi connectivity index (χ1v) is 5.28. The molecule has 0 saturated carbocycles. The van der Waals surface area contributed by atoms with Gasteiger partial charge in [0.2, 0.25) is 0 Å². The fraction of sp³-hybridized carbons (Fsp3) is 0.417. The van der Waals surface area contributed by atoms with Gasteiger partial charge in [0.1, 0.15) is 17.1 Å². The van der Waals surface area contributed by atoms with E-state index in [1.165, 1.54) is 6.07 Å². The van der Waals surface area contributed by atoms with Crippen LogP contribution in [0.4, 0.5) is 13.2 Å². The fourth-order valence-corrected chi connectivity index (χ4v) is 1.83. The molecule has 0 atom stereocenters. The Labute approximate surface area is 102 Å². The smallest absolute Gasteiger partial charge is 0.486 e. The summed E-state index contributed by atoms with van der Waals surface area (Å²) in [4.78, 5) is 11.8. The third-order valence-electron chi connectivity index (χ3n) is 2.46. The van der Waals surface area contributed by atoms with Gasteiger partial charge in [-0.1, -0.05) is 0 Å². The van der Waals surface area contributed by atoms with Gasteiger partial charge in [0.05, 0.1) is 12.0 Å². The van der Waals surface area contributed by atoms with Gasteiger partial charge in [-0.25, -0.2) is 0 Å². The Hall–Kier alpha value is -1.72. The fourth-order valence-electron chi connectivity index (χ4n) is 1.83. The van der Waals surface area contributed by atoms with Crippen LogP contribution in [0.1, 0.15) is 30.6 Å². The monoisotopic (exact) mass is 260 g/mol. The molecule has 0 spiro atoms. The SMILES string of the molecule is CC1(C)CC(=O)c2ccc(OC(F)(F)F)cc2O1. The number of carbonyl (C=O) groups excluding carboxylic acids is 1. The average molecular weight is 260 g/mol. The van der Waals surface area contributed by atoms with Crippen LogP contribution in [0.3, 0.4) is 0 Å². The molecule has 6 heteroatoms. The average Bonchev–Trinajstić information content (AvgIpc) is 2.11. The van der Waals surface area contributed by atoms with Crippen LogP contribution in [0, 0.1) is 0 Å². The minimum absolute atomic E-state index is 0.123. The van der Waals surface area contributed by atoms with Gasteiger partial charge in [-0.3, -0.25) is 4.79 Å². The molecule has 0 radical (unpaired) electrons. The van der Waals surface area contributed by atoms with Crippen LogP contribution in [0.2, 0.25) is 0 Å². The maximum atomic E-state index is 12.1. The van der Waals surface area contributed by atoms with Crippen molar-refractivity contribution in [3.8, 4) is 11.5 Å². The number of alkyl halides is 3. The Morgan fingerprint density at radius 3 is 2.61 bits per heavy atom. The standard InChI is InChI=1S/C12H11F3O3/c1-11(2)6-9(16)8-4-3-7(5-10(8)18-11)17-12(13,14)15/h3-5H,6H2,1-2H3. The number of Topliss-reactive ketones (excluding diaryl/α,β-unsaturated/α-hetero) is 1.